The lowest BCUT2D eigenvalue weighted by Crippen LogP contribution is -2.53. The van der Waals surface area contributed by atoms with Gasteiger partial charge in [0.25, 0.3) is 0 Å². The van der Waals surface area contributed by atoms with Crippen LogP contribution in [0, 0.1) is 11.3 Å². The van der Waals surface area contributed by atoms with Gasteiger partial charge in [0.2, 0.25) is 0 Å². The molecule has 0 radical (unpaired) electrons. The van der Waals surface area contributed by atoms with Gasteiger partial charge in [0.15, 0.2) is 0 Å². The fraction of sp³-hybridized carbons (Fsp3) is 1.00. The van der Waals surface area contributed by atoms with E-state index in [1.165, 1.54) is 32.5 Å². The van der Waals surface area contributed by atoms with Crippen LogP contribution >= 0.6 is 0 Å². The summed E-state index contributed by atoms with van der Waals surface area (Å²) >= 11 is 0. The van der Waals surface area contributed by atoms with Crippen LogP contribution in [-0.2, 0) is 0 Å². The highest BCUT2D eigenvalue weighted by atomic mass is 15.2. The molecule has 0 bridgehead atoms. The lowest BCUT2D eigenvalue weighted by atomic mass is 9.84. The number of nitrogens with zero attached hydrogens (tertiary/aromatic N) is 1. The molecule has 0 aromatic rings. The van der Waals surface area contributed by atoms with Gasteiger partial charge < -0.3 is 4.90 Å². The highest BCUT2D eigenvalue weighted by Gasteiger charge is 2.36. The van der Waals surface area contributed by atoms with E-state index in [0.29, 0.717) is 5.41 Å². The molecule has 2 fully saturated rings. The molecular formula is C9H17N. The van der Waals surface area contributed by atoms with E-state index in [1.54, 1.807) is 0 Å². The van der Waals surface area contributed by atoms with Gasteiger partial charge in [0, 0.05) is 19.6 Å². The maximum Gasteiger partial charge on any atom is 0.00453 e. The van der Waals surface area contributed by atoms with Crippen LogP contribution in [0.15, 0.2) is 0 Å². The van der Waals surface area contributed by atoms with Gasteiger partial charge in [-0.15, -0.1) is 0 Å². The van der Waals surface area contributed by atoms with Crippen molar-refractivity contribution in [3.63, 3.8) is 0 Å². The zero-order valence-electron chi connectivity index (χ0n) is 7.06. The fourth-order valence-electron chi connectivity index (χ4n) is 1.96. The minimum absolute atomic E-state index is 0.634. The Morgan fingerprint density at radius 2 is 1.90 bits per heavy atom. The van der Waals surface area contributed by atoms with Gasteiger partial charge in [-0.25, -0.2) is 0 Å². The minimum Gasteiger partial charge on any atom is -0.302 e. The van der Waals surface area contributed by atoms with E-state index in [1.807, 2.05) is 0 Å². The summed E-state index contributed by atoms with van der Waals surface area (Å²) in [6.45, 7) is 8.78. The SMILES string of the molecule is CC1(C)CN(CC2CC2)C1. The third-order valence-electron chi connectivity index (χ3n) is 2.52. The monoisotopic (exact) mass is 139 g/mol. The van der Waals surface area contributed by atoms with E-state index >= 15 is 0 Å². The van der Waals surface area contributed by atoms with Crippen LogP contribution in [-0.4, -0.2) is 24.5 Å². The molecule has 1 nitrogen and oxygen atoms in total. The van der Waals surface area contributed by atoms with Crippen LogP contribution in [0.2, 0.25) is 0 Å². The Labute approximate surface area is 63.4 Å². The average molecular weight is 139 g/mol. The van der Waals surface area contributed by atoms with Gasteiger partial charge in [-0.1, -0.05) is 13.8 Å². The summed E-state index contributed by atoms with van der Waals surface area (Å²) in [4.78, 5) is 2.59. The topological polar surface area (TPSA) is 3.24 Å². The van der Waals surface area contributed by atoms with E-state index in [2.05, 4.69) is 18.7 Å². The molecule has 1 aliphatic carbocycles. The standard InChI is InChI=1S/C9H17N/c1-9(2)6-10(7-9)5-8-3-4-8/h8H,3-7H2,1-2H3. The molecule has 1 saturated carbocycles. The quantitative estimate of drug-likeness (QED) is 0.563. The summed E-state index contributed by atoms with van der Waals surface area (Å²) in [5.41, 5.74) is 0.634. The zero-order valence-corrected chi connectivity index (χ0v) is 7.06. The molecule has 1 aliphatic heterocycles. The lowest BCUT2D eigenvalue weighted by Gasteiger charge is -2.46. The van der Waals surface area contributed by atoms with Crippen molar-refractivity contribution in [1.82, 2.24) is 4.90 Å². The van der Waals surface area contributed by atoms with Crippen LogP contribution in [0.5, 0.6) is 0 Å². The Morgan fingerprint density at radius 3 is 2.30 bits per heavy atom. The number of likely N-dealkylation sites (tertiary alicyclic amines) is 1. The summed E-state index contributed by atoms with van der Waals surface area (Å²) in [5.74, 6) is 1.08. The molecule has 1 saturated heterocycles. The van der Waals surface area contributed by atoms with Crippen LogP contribution in [0.4, 0.5) is 0 Å². The molecule has 1 heterocycles. The minimum atomic E-state index is 0.634. The molecule has 2 aliphatic rings. The van der Waals surface area contributed by atoms with Gasteiger partial charge >= 0.3 is 0 Å². The highest BCUT2D eigenvalue weighted by molar-refractivity contribution is 4.90. The predicted molar refractivity (Wildman–Crippen MR) is 42.9 cm³/mol. The molecule has 0 N–H and O–H groups in total. The van der Waals surface area contributed by atoms with Crippen molar-refractivity contribution in [3.05, 3.63) is 0 Å². The first-order valence-electron chi connectivity index (χ1n) is 4.38. The Balaban J connectivity index is 1.69. The van der Waals surface area contributed by atoms with Crippen LogP contribution in [0.3, 0.4) is 0 Å². The van der Waals surface area contributed by atoms with Crippen molar-refractivity contribution in [2.24, 2.45) is 11.3 Å². The van der Waals surface area contributed by atoms with Crippen molar-refractivity contribution >= 4 is 0 Å². The molecule has 0 aromatic carbocycles. The summed E-state index contributed by atoms with van der Waals surface area (Å²) in [7, 11) is 0. The van der Waals surface area contributed by atoms with E-state index < -0.39 is 0 Å². The molecule has 10 heavy (non-hydrogen) atoms. The smallest absolute Gasteiger partial charge is 0.00453 e. The van der Waals surface area contributed by atoms with Gasteiger partial charge in [-0.3, -0.25) is 0 Å². The van der Waals surface area contributed by atoms with Crippen LogP contribution in [0.25, 0.3) is 0 Å². The highest BCUT2D eigenvalue weighted by Crippen LogP contribution is 2.35. The molecule has 58 valence electrons. The maximum atomic E-state index is 2.59. The number of hydrogen-bond donors (Lipinski definition) is 0. The maximum absolute atomic E-state index is 2.59. The third-order valence-corrected chi connectivity index (χ3v) is 2.52. The first kappa shape index (κ1) is 6.66. The van der Waals surface area contributed by atoms with Crippen LogP contribution in [0.1, 0.15) is 26.7 Å². The summed E-state index contributed by atoms with van der Waals surface area (Å²) in [6, 6.07) is 0. The third kappa shape index (κ3) is 1.34. The van der Waals surface area contributed by atoms with Crippen molar-refractivity contribution in [2.45, 2.75) is 26.7 Å². The van der Waals surface area contributed by atoms with Gasteiger partial charge in [-0.05, 0) is 24.2 Å². The van der Waals surface area contributed by atoms with Crippen molar-refractivity contribution in [1.29, 1.82) is 0 Å². The largest absolute Gasteiger partial charge is 0.302 e. The molecule has 0 aromatic heterocycles. The fourth-order valence-corrected chi connectivity index (χ4v) is 1.96. The van der Waals surface area contributed by atoms with Crippen LogP contribution < -0.4 is 0 Å². The van der Waals surface area contributed by atoms with E-state index in [0.717, 1.165) is 5.92 Å². The number of hydrogen-bond acceptors (Lipinski definition) is 1. The van der Waals surface area contributed by atoms with E-state index in [4.69, 9.17) is 0 Å². The summed E-state index contributed by atoms with van der Waals surface area (Å²) in [6.07, 6.45) is 2.99. The van der Waals surface area contributed by atoms with Crippen molar-refractivity contribution in [2.75, 3.05) is 19.6 Å². The lowest BCUT2D eigenvalue weighted by molar-refractivity contribution is 0.0275. The van der Waals surface area contributed by atoms with E-state index in [9.17, 15) is 0 Å². The molecule has 0 amide bonds. The van der Waals surface area contributed by atoms with Crippen molar-refractivity contribution in [3.8, 4) is 0 Å². The molecular weight excluding hydrogens is 122 g/mol. The molecule has 0 spiro atoms. The predicted octanol–water partition coefficient (Wildman–Crippen LogP) is 1.74. The van der Waals surface area contributed by atoms with E-state index in [-0.39, 0.29) is 0 Å². The second kappa shape index (κ2) is 1.97. The Kier molecular flexibility index (Phi) is 1.31. The average Bonchev–Trinajstić information content (AvgIpc) is 2.44. The molecule has 0 atom stereocenters. The second-order valence-electron chi connectivity index (χ2n) is 4.78. The first-order chi connectivity index (χ1) is 4.66. The van der Waals surface area contributed by atoms with Crippen molar-refractivity contribution < 1.29 is 0 Å². The van der Waals surface area contributed by atoms with Gasteiger partial charge in [0.1, 0.15) is 0 Å². The zero-order chi connectivity index (χ0) is 7.19. The van der Waals surface area contributed by atoms with Gasteiger partial charge in [0.05, 0.1) is 0 Å². The molecule has 2 rings (SSSR count). The number of rotatable bonds is 2. The van der Waals surface area contributed by atoms with Gasteiger partial charge in [-0.2, -0.15) is 0 Å². The summed E-state index contributed by atoms with van der Waals surface area (Å²) in [5, 5.41) is 0. The first-order valence-corrected chi connectivity index (χ1v) is 4.38. The second-order valence-corrected chi connectivity index (χ2v) is 4.78. The molecule has 1 heteroatoms. The summed E-state index contributed by atoms with van der Waals surface area (Å²) < 4.78 is 0. The normalized spacial score (nSPS) is 31.8. The Morgan fingerprint density at radius 1 is 1.30 bits per heavy atom. The molecule has 0 unspecified atom stereocenters. The Hall–Kier alpha value is -0.0400. The Bertz CT molecular complexity index is 125.